The Kier molecular flexibility index (Phi) is 57.5. The van der Waals surface area contributed by atoms with Crippen molar-refractivity contribution in [1.29, 1.82) is 0 Å². The van der Waals surface area contributed by atoms with Gasteiger partial charge in [0, 0.05) is 12.8 Å². The standard InChI is InChI=1S/C67H128NO8P/c1-6-8-10-12-14-16-18-20-21-22-23-24-25-26-27-28-29-30-31-32-33-34-35-36-37-38-39-40-41-42-43-44-45-46-47-48-50-52-54-56-58-60-67(70)76-65(64-75-77(71,72)74-62-61-68(3,4)5)63-73-66(69)59-57-55-53-51-49-19-17-15-13-11-9-7-2/h18,20,22-23,25-26,65H,6-17,19,21,24,27-64H2,1-5H3/p+1/b20-18-,23-22-,26-25-. The molecular weight excluding hydrogens is 978 g/mol. The fraction of sp³-hybridized carbons (Fsp3) is 0.881. The lowest BCUT2D eigenvalue weighted by Crippen LogP contribution is -2.37. The maximum Gasteiger partial charge on any atom is 0.472 e. The highest BCUT2D eigenvalue weighted by Gasteiger charge is 2.27. The number of rotatable bonds is 62. The van der Waals surface area contributed by atoms with Crippen LogP contribution in [0.1, 0.15) is 328 Å². The van der Waals surface area contributed by atoms with Gasteiger partial charge in [0.15, 0.2) is 6.10 Å². The quantitative estimate of drug-likeness (QED) is 0.0211. The van der Waals surface area contributed by atoms with Crippen molar-refractivity contribution in [2.24, 2.45) is 0 Å². The average Bonchev–Trinajstić information content (AvgIpc) is 3.39. The second-order valence-electron chi connectivity index (χ2n) is 23.9. The number of unbranched alkanes of at least 4 members (excludes halogenated alkanes) is 42. The zero-order chi connectivity index (χ0) is 56.3. The highest BCUT2D eigenvalue weighted by molar-refractivity contribution is 7.47. The molecule has 0 rings (SSSR count). The van der Waals surface area contributed by atoms with Crippen LogP contribution in [-0.4, -0.2) is 74.9 Å². The van der Waals surface area contributed by atoms with Gasteiger partial charge in [0.1, 0.15) is 19.8 Å². The number of carbonyl (C=O) groups excluding carboxylic acids is 2. The van der Waals surface area contributed by atoms with Crippen LogP contribution in [0.3, 0.4) is 0 Å². The maximum atomic E-state index is 12.8. The van der Waals surface area contributed by atoms with Crippen LogP contribution in [0.2, 0.25) is 0 Å². The van der Waals surface area contributed by atoms with Gasteiger partial charge in [0.05, 0.1) is 27.7 Å². The fourth-order valence-electron chi connectivity index (χ4n) is 9.79. The van der Waals surface area contributed by atoms with Crippen molar-refractivity contribution in [2.75, 3.05) is 47.5 Å². The first-order chi connectivity index (χ1) is 37.5. The van der Waals surface area contributed by atoms with Crippen LogP contribution in [0, 0.1) is 0 Å². The van der Waals surface area contributed by atoms with Crippen molar-refractivity contribution in [3.63, 3.8) is 0 Å². The summed E-state index contributed by atoms with van der Waals surface area (Å²) >= 11 is 0. The monoisotopic (exact) mass is 1110 g/mol. The molecule has 0 aliphatic heterocycles. The molecule has 0 aromatic heterocycles. The van der Waals surface area contributed by atoms with Gasteiger partial charge in [0.25, 0.3) is 0 Å². The molecule has 0 spiro atoms. The number of quaternary nitrogens is 1. The van der Waals surface area contributed by atoms with Crippen LogP contribution in [0.15, 0.2) is 36.5 Å². The van der Waals surface area contributed by atoms with Crippen LogP contribution in [-0.2, 0) is 32.7 Å². The van der Waals surface area contributed by atoms with Gasteiger partial charge in [0.2, 0.25) is 0 Å². The molecule has 454 valence electrons. The Morgan fingerprint density at radius 1 is 0.403 bits per heavy atom. The van der Waals surface area contributed by atoms with Crippen LogP contribution in [0.4, 0.5) is 0 Å². The Hall–Kier alpha value is -1.77. The largest absolute Gasteiger partial charge is 0.472 e. The number of esters is 2. The topological polar surface area (TPSA) is 108 Å². The van der Waals surface area contributed by atoms with E-state index < -0.39 is 26.5 Å². The highest BCUT2D eigenvalue weighted by Crippen LogP contribution is 2.43. The van der Waals surface area contributed by atoms with E-state index in [9.17, 15) is 19.0 Å². The van der Waals surface area contributed by atoms with Crippen molar-refractivity contribution in [2.45, 2.75) is 335 Å². The molecule has 9 nitrogen and oxygen atoms in total. The lowest BCUT2D eigenvalue weighted by atomic mass is 10.0. The Morgan fingerprint density at radius 3 is 1.04 bits per heavy atom. The first kappa shape index (κ1) is 75.2. The summed E-state index contributed by atoms with van der Waals surface area (Å²) < 4.78 is 34.6. The Balaban J connectivity index is 3.82. The van der Waals surface area contributed by atoms with Crippen molar-refractivity contribution in [3.8, 4) is 0 Å². The molecule has 0 saturated heterocycles. The minimum absolute atomic E-state index is 0.0354. The summed E-state index contributed by atoms with van der Waals surface area (Å²) in [4.78, 5) is 35.6. The number of carbonyl (C=O) groups is 2. The van der Waals surface area contributed by atoms with Gasteiger partial charge in [-0.15, -0.1) is 0 Å². The molecule has 0 bridgehead atoms. The SMILES string of the molecule is CCCCCCC/C=C\C/C=C\C/C=C\CCCCCCCCCCCCCCCCCCCCCCCCCCCCC(=O)OC(COC(=O)CCCCCCCCCCCCCC)COP(=O)(O)OCC[N+](C)(C)C. The average molecular weight is 1110 g/mol. The maximum absolute atomic E-state index is 12.8. The molecule has 10 heteroatoms. The summed E-state index contributed by atoms with van der Waals surface area (Å²) in [7, 11) is 1.50. The van der Waals surface area contributed by atoms with Crippen molar-refractivity contribution >= 4 is 19.8 Å². The number of hydrogen-bond acceptors (Lipinski definition) is 7. The van der Waals surface area contributed by atoms with Gasteiger partial charge in [-0.3, -0.25) is 18.6 Å². The fourth-order valence-corrected chi connectivity index (χ4v) is 10.5. The predicted molar refractivity (Wildman–Crippen MR) is 330 cm³/mol. The molecule has 0 aromatic rings. The smallest absolute Gasteiger partial charge is 0.462 e. The van der Waals surface area contributed by atoms with E-state index in [1.807, 2.05) is 21.1 Å². The zero-order valence-electron chi connectivity index (χ0n) is 51.7. The Labute approximate surface area is 478 Å². The molecule has 0 aliphatic rings. The highest BCUT2D eigenvalue weighted by atomic mass is 31.2. The molecule has 77 heavy (non-hydrogen) atoms. The Morgan fingerprint density at radius 2 is 0.701 bits per heavy atom. The number of hydrogen-bond donors (Lipinski definition) is 1. The molecule has 0 saturated carbocycles. The minimum Gasteiger partial charge on any atom is -0.462 e. The molecule has 2 unspecified atom stereocenters. The van der Waals surface area contributed by atoms with Gasteiger partial charge >= 0.3 is 19.8 Å². The normalized spacial score (nSPS) is 13.4. The number of nitrogens with zero attached hydrogens (tertiary/aromatic N) is 1. The number of likely N-dealkylation sites (N-methyl/N-ethyl adjacent to an activating group) is 1. The molecular formula is C67H129NO8P+. The second-order valence-corrected chi connectivity index (χ2v) is 25.3. The predicted octanol–water partition coefficient (Wildman–Crippen LogP) is 21.1. The molecule has 0 aromatic carbocycles. The van der Waals surface area contributed by atoms with Crippen LogP contribution < -0.4 is 0 Å². The number of phosphoric acid groups is 1. The molecule has 1 N–H and O–H groups in total. The summed E-state index contributed by atoms with van der Waals surface area (Å²) in [6.07, 6.45) is 74.1. The number of allylic oxidation sites excluding steroid dienone is 6. The van der Waals surface area contributed by atoms with Crippen molar-refractivity contribution in [1.82, 2.24) is 0 Å². The lowest BCUT2D eigenvalue weighted by Gasteiger charge is -2.24. The third-order valence-electron chi connectivity index (χ3n) is 14.9. The number of ether oxygens (including phenoxy) is 2. The molecule has 0 amide bonds. The summed E-state index contributed by atoms with van der Waals surface area (Å²) in [5.74, 6) is -0.780. The second kappa shape index (κ2) is 58.9. The van der Waals surface area contributed by atoms with Gasteiger partial charge in [-0.25, -0.2) is 4.57 Å². The van der Waals surface area contributed by atoms with E-state index >= 15 is 0 Å². The van der Waals surface area contributed by atoms with E-state index in [4.69, 9.17) is 18.5 Å². The summed E-state index contributed by atoms with van der Waals surface area (Å²) in [5, 5.41) is 0. The first-order valence-electron chi connectivity index (χ1n) is 33.2. The van der Waals surface area contributed by atoms with E-state index in [1.165, 1.54) is 250 Å². The zero-order valence-corrected chi connectivity index (χ0v) is 52.6. The van der Waals surface area contributed by atoms with Crippen molar-refractivity contribution < 1.29 is 42.1 Å². The molecule has 0 fully saturated rings. The van der Waals surface area contributed by atoms with E-state index in [2.05, 4.69) is 50.3 Å². The summed E-state index contributed by atoms with van der Waals surface area (Å²) in [5.41, 5.74) is 0. The Bertz CT molecular complexity index is 1390. The number of phosphoric ester groups is 1. The molecule has 0 heterocycles. The molecule has 0 aliphatic carbocycles. The van der Waals surface area contributed by atoms with E-state index in [0.717, 1.165) is 44.9 Å². The van der Waals surface area contributed by atoms with Crippen LogP contribution in [0.5, 0.6) is 0 Å². The van der Waals surface area contributed by atoms with E-state index in [1.54, 1.807) is 0 Å². The third kappa shape index (κ3) is 63.3. The van der Waals surface area contributed by atoms with Gasteiger partial charge in [-0.1, -0.05) is 301 Å². The summed E-state index contributed by atoms with van der Waals surface area (Å²) in [6.45, 7) is 4.46. The van der Waals surface area contributed by atoms with Crippen LogP contribution in [0.25, 0.3) is 0 Å². The van der Waals surface area contributed by atoms with E-state index in [-0.39, 0.29) is 25.6 Å². The van der Waals surface area contributed by atoms with Gasteiger partial charge < -0.3 is 18.9 Å². The molecule has 0 radical (unpaired) electrons. The lowest BCUT2D eigenvalue weighted by molar-refractivity contribution is -0.870. The van der Waals surface area contributed by atoms with E-state index in [0.29, 0.717) is 23.9 Å². The van der Waals surface area contributed by atoms with Crippen molar-refractivity contribution in [3.05, 3.63) is 36.5 Å². The summed E-state index contributed by atoms with van der Waals surface area (Å²) in [6, 6.07) is 0. The minimum atomic E-state index is -4.38. The van der Waals surface area contributed by atoms with Crippen LogP contribution >= 0.6 is 7.82 Å². The first-order valence-corrected chi connectivity index (χ1v) is 34.7. The third-order valence-corrected chi connectivity index (χ3v) is 15.9. The molecule has 2 atom stereocenters. The van der Waals surface area contributed by atoms with Gasteiger partial charge in [-0.05, 0) is 51.4 Å². The van der Waals surface area contributed by atoms with Gasteiger partial charge in [-0.2, -0.15) is 0 Å².